The molecular formula is C13H21N7O. The molecule has 0 aromatic carbocycles. The molecule has 0 aliphatic carbocycles. The average molecular weight is 291 g/mol. The first kappa shape index (κ1) is 15.1. The highest BCUT2D eigenvalue weighted by atomic mass is 16.2. The predicted octanol–water partition coefficient (Wildman–Crippen LogP) is 0.751. The number of rotatable bonds is 6. The van der Waals surface area contributed by atoms with Crippen LogP contribution in [0.2, 0.25) is 0 Å². The van der Waals surface area contributed by atoms with Gasteiger partial charge in [0.1, 0.15) is 17.8 Å². The zero-order valence-corrected chi connectivity index (χ0v) is 12.9. The second-order valence-electron chi connectivity index (χ2n) is 5.13. The van der Waals surface area contributed by atoms with E-state index >= 15 is 0 Å². The maximum Gasteiger partial charge on any atom is 0.271 e. The molecule has 2 heterocycles. The van der Waals surface area contributed by atoms with E-state index in [2.05, 4.69) is 39.7 Å². The van der Waals surface area contributed by atoms with E-state index < -0.39 is 0 Å². The van der Waals surface area contributed by atoms with E-state index in [0.29, 0.717) is 36.9 Å². The second-order valence-corrected chi connectivity index (χ2v) is 5.13. The van der Waals surface area contributed by atoms with Gasteiger partial charge in [-0.05, 0) is 13.8 Å². The number of hydrogen-bond acceptors (Lipinski definition) is 5. The van der Waals surface area contributed by atoms with E-state index in [1.165, 1.54) is 0 Å². The molecule has 0 fully saturated rings. The number of aryl methyl sites for hydroxylation is 2. The fraction of sp³-hybridized carbons (Fsp3) is 0.615. The molecule has 114 valence electrons. The normalized spacial score (nSPS) is 11.1. The van der Waals surface area contributed by atoms with E-state index in [-0.39, 0.29) is 5.91 Å². The van der Waals surface area contributed by atoms with E-state index in [9.17, 15) is 4.79 Å². The van der Waals surface area contributed by atoms with E-state index in [0.717, 1.165) is 5.82 Å². The average Bonchev–Trinajstić information content (AvgIpc) is 3.04. The minimum Gasteiger partial charge on any atom is -0.349 e. The summed E-state index contributed by atoms with van der Waals surface area (Å²) in [5.41, 5.74) is 1.16. The van der Waals surface area contributed by atoms with Gasteiger partial charge in [0.15, 0.2) is 0 Å². The van der Waals surface area contributed by atoms with Crippen molar-refractivity contribution in [2.45, 2.75) is 46.7 Å². The summed E-state index contributed by atoms with van der Waals surface area (Å²) >= 11 is 0. The van der Waals surface area contributed by atoms with Crippen LogP contribution in [-0.2, 0) is 13.1 Å². The molecule has 0 saturated heterocycles. The number of amides is 1. The Bertz CT molecular complexity index is 614. The molecule has 1 N–H and O–H groups in total. The van der Waals surface area contributed by atoms with Gasteiger partial charge in [-0.25, -0.2) is 4.68 Å². The lowest BCUT2D eigenvalue weighted by Crippen LogP contribution is -2.30. The Morgan fingerprint density at radius 3 is 2.81 bits per heavy atom. The van der Waals surface area contributed by atoms with Crippen LogP contribution in [0.3, 0.4) is 0 Å². The molecule has 0 saturated carbocycles. The van der Waals surface area contributed by atoms with Crippen LogP contribution in [0.4, 0.5) is 0 Å². The number of carbonyl (C=O) groups excluding carboxylic acids is 1. The lowest BCUT2D eigenvalue weighted by Gasteiger charge is -2.10. The molecule has 0 atom stereocenters. The Morgan fingerprint density at radius 2 is 2.14 bits per heavy atom. The molecule has 0 spiro atoms. The molecular weight excluding hydrogens is 270 g/mol. The van der Waals surface area contributed by atoms with Gasteiger partial charge in [-0.2, -0.15) is 0 Å². The van der Waals surface area contributed by atoms with Crippen LogP contribution in [0.15, 0.2) is 6.33 Å². The van der Waals surface area contributed by atoms with E-state index in [1.807, 2.05) is 11.5 Å². The molecule has 2 aromatic rings. The van der Waals surface area contributed by atoms with Gasteiger partial charge in [-0.15, -0.1) is 15.3 Å². The van der Waals surface area contributed by atoms with Gasteiger partial charge in [0.2, 0.25) is 0 Å². The Balaban J connectivity index is 1.95. The Labute approximate surface area is 123 Å². The van der Waals surface area contributed by atoms with Crippen molar-refractivity contribution in [3.8, 4) is 0 Å². The second kappa shape index (κ2) is 6.47. The van der Waals surface area contributed by atoms with Gasteiger partial charge >= 0.3 is 0 Å². The fourth-order valence-corrected chi connectivity index (χ4v) is 2.16. The lowest BCUT2D eigenvalue weighted by molar-refractivity contribution is 0.0941. The highest BCUT2D eigenvalue weighted by Crippen LogP contribution is 2.09. The standard InChI is InChI=1S/C13H21N7O/c1-5-20-11(10(4)16-18-20)13(21)14-6-7-19-8-15-17-12(19)9(2)3/h8-9H,5-7H2,1-4H3,(H,14,21). The Morgan fingerprint density at radius 1 is 1.38 bits per heavy atom. The summed E-state index contributed by atoms with van der Waals surface area (Å²) in [7, 11) is 0. The summed E-state index contributed by atoms with van der Waals surface area (Å²) in [5, 5.41) is 18.7. The van der Waals surface area contributed by atoms with Gasteiger partial charge in [-0.1, -0.05) is 19.1 Å². The van der Waals surface area contributed by atoms with Crippen LogP contribution in [0, 0.1) is 6.92 Å². The van der Waals surface area contributed by atoms with E-state index in [1.54, 1.807) is 17.9 Å². The van der Waals surface area contributed by atoms with Gasteiger partial charge in [0.25, 0.3) is 5.91 Å². The first-order chi connectivity index (χ1) is 10.0. The monoisotopic (exact) mass is 291 g/mol. The molecule has 2 rings (SSSR count). The van der Waals surface area contributed by atoms with Gasteiger partial charge in [0.05, 0.1) is 5.69 Å². The maximum atomic E-state index is 12.2. The summed E-state index contributed by atoms with van der Waals surface area (Å²) in [5.74, 6) is 1.07. The minimum atomic E-state index is -0.154. The summed E-state index contributed by atoms with van der Waals surface area (Å²) in [6, 6.07) is 0. The molecule has 0 bridgehead atoms. The number of carbonyl (C=O) groups is 1. The maximum absolute atomic E-state index is 12.2. The molecule has 8 heteroatoms. The van der Waals surface area contributed by atoms with Gasteiger partial charge in [-0.3, -0.25) is 4.79 Å². The Kier molecular flexibility index (Phi) is 4.66. The van der Waals surface area contributed by atoms with Crippen LogP contribution in [-0.4, -0.2) is 42.2 Å². The van der Waals surface area contributed by atoms with Crippen LogP contribution in [0.5, 0.6) is 0 Å². The van der Waals surface area contributed by atoms with Crippen molar-refractivity contribution in [3.05, 3.63) is 23.5 Å². The molecule has 0 aliphatic heterocycles. The molecule has 1 amide bonds. The SMILES string of the molecule is CCn1nnc(C)c1C(=O)NCCn1cnnc1C(C)C. The predicted molar refractivity (Wildman–Crippen MR) is 76.9 cm³/mol. The van der Waals surface area contributed by atoms with Crippen molar-refractivity contribution in [1.29, 1.82) is 0 Å². The van der Waals surface area contributed by atoms with Crippen molar-refractivity contribution < 1.29 is 4.79 Å². The van der Waals surface area contributed by atoms with Crippen molar-refractivity contribution >= 4 is 5.91 Å². The number of hydrogen-bond donors (Lipinski definition) is 1. The summed E-state index contributed by atoms with van der Waals surface area (Å²) in [6.07, 6.45) is 1.69. The topological polar surface area (TPSA) is 90.5 Å². The summed E-state index contributed by atoms with van der Waals surface area (Å²) in [6.45, 7) is 9.60. The first-order valence-corrected chi connectivity index (χ1v) is 7.10. The van der Waals surface area contributed by atoms with Crippen molar-refractivity contribution in [2.24, 2.45) is 0 Å². The molecule has 0 radical (unpaired) electrons. The largest absolute Gasteiger partial charge is 0.349 e. The summed E-state index contributed by atoms with van der Waals surface area (Å²) in [4.78, 5) is 12.2. The summed E-state index contributed by atoms with van der Waals surface area (Å²) < 4.78 is 3.55. The molecule has 0 aliphatic rings. The molecule has 21 heavy (non-hydrogen) atoms. The highest BCUT2D eigenvalue weighted by molar-refractivity contribution is 5.93. The van der Waals surface area contributed by atoms with Crippen LogP contribution < -0.4 is 5.32 Å². The third kappa shape index (κ3) is 3.26. The zero-order chi connectivity index (χ0) is 15.4. The van der Waals surface area contributed by atoms with Crippen molar-refractivity contribution in [2.75, 3.05) is 6.54 Å². The molecule has 2 aromatic heterocycles. The zero-order valence-electron chi connectivity index (χ0n) is 12.9. The lowest BCUT2D eigenvalue weighted by atomic mass is 10.2. The fourth-order valence-electron chi connectivity index (χ4n) is 2.16. The quantitative estimate of drug-likeness (QED) is 0.848. The van der Waals surface area contributed by atoms with Crippen LogP contribution >= 0.6 is 0 Å². The Hall–Kier alpha value is -2.25. The molecule has 0 unspecified atom stereocenters. The number of aromatic nitrogens is 6. The number of nitrogens with one attached hydrogen (secondary N) is 1. The number of nitrogens with zero attached hydrogens (tertiary/aromatic N) is 6. The minimum absolute atomic E-state index is 0.154. The highest BCUT2D eigenvalue weighted by Gasteiger charge is 2.16. The van der Waals surface area contributed by atoms with Gasteiger partial charge in [0, 0.05) is 25.6 Å². The van der Waals surface area contributed by atoms with Crippen LogP contribution in [0.1, 0.15) is 48.7 Å². The third-order valence-electron chi connectivity index (χ3n) is 3.22. The van der Waals surface area contributed by atoms with Gasteiger partial charge < -0.3 is 9.88 Å². The third-order valence-corrected chi connectivity index (χ3v) is 3.22. The van der Waals surface area contributed by atoms with Crippen LogP contribution in [0.25, 0.3) is 0 Å². The van der Waals surface area contributed by atoms with Crippen molar-refractivity contribution in [3.63, 3.8) is 0 Å². The smallest absolute Gasteiger partial charge is 0.271 e. The molecule has 8 nitrogen and oxygen atoms in total. The van der Waals surface area contributed by atoms with E-state index in [4.69, 9.17) is 0 Å². The first-order valence-electron chi connectivity index (χ1n) is 7.10. The van der Waals surface area contributed by atoms with Crippen molar-refractivity contribution in [1.82, 2.24) is 35.1 Å².